The molecule has 0 bridgehead atoms. The maximum Gasteiger partial charge on any atom is 0.228 e. The van der Waals surface area contributed by atoms with Crippen LogP contribution in [0.25, 0.3) is 11.3 Å². The maximum absolute atomic E-state index is 14.0. The van der Waals surface area contributed by atoms with Gasteiger partial charge in [-0.3, -0.25) is 13.8 Å². The summed E-state index contributed by atoms with van der Waals surface area (Å²) in [5.41, 5.74) is 0.0804. The Labute approximate surface area is 195 Å². The Balaban J connectivity index is 0.000000374. The van der Waals surface area contributed by atoms with Gasteiger partial charge in [-0.25, -0.2) is 4.39 Å². The van der Waals surface area contributed by atoms with Gasteiger partial charge in [-0.05, 0) is 49.4 Å². The van der Waals surface area contributed by atoms with Crippen molar-refractivity contribution >= 4 is 22.4 Å². The van der Waals surface area contributed by atoms with Crippen molar-refractivity contribution in [2.75, 3.05) is 6.26 Å². The number of hydrogen-bond acceptors (Lipinski definition) is 6. The minimum Gasteiger partial charge on any atom is -0.472 e. The van der Waals surface area contributed by atoms with Crippen LogP contribution in [-0.2, 0) is 10.8 Å². The van der Waals surface area contributed by atoms with Gasteiger partial charge >= 0.3 is 0 Å². The molecule has 9 heteroatoms. The Kier molecular flexibility index (Phi) is 7.97. The van der Waals surface area contributed by atoms with Gasteiger partial charge in [0, 0.05) is 50.7 Å². The van der Waals surface area contributed by atoms with Gasteiger partial charge in [0.25, 0.3) is 0 Å². The quantitative estimate of drug-likeness (QED) is 0.373. The van der Waals surface area contributed by atoms with E-state index >= 15 is 0 Å². The van der Waals surface area contributed by atoms with E-state index in [0.717, 1.165) is 6.07 Å². The number of benzene rings is 2. The first kappa shape index (κ1) is 24.2. The van der Waals surface area contributed by atoms with E-state index in [1.54, 1.807) is 37.4 Å². The fourth-order valence-electron chi connectivity index (χ4n) is 2.67. The maximum atomic E-state index is 14.0. The lowest BCUT2D eigenvalue weighted by molar-refractivity contribution is 0.415. The second kappa shape index (κ2) is 10.9. The zero-order chi connectivity index (χ0) is 24.0. The number of hydrogen-bond donors (Lipinski definition) is 0. The molecular weight excluding hydrogens is 471 g/mol. The van der Waals surface area contributed by atoms with Crippen LogP contribution >= 0.6 is 11.6 Å². The van der Waals surface area contributed by atoms with Gasteiger partial charge in [0.2, 0.25) is 11.2 Å². The predicted molar refractivity (Wildman–Crippen MR) is 124 cm³/mol. The average Bonchev–Trinajstić information content (AvgIpc) is 2.78. The lowest BCUT2D eigenvalue weighted by atomic mass is 10.1. The second-order valence-corrected chi connectivity index (χ2v) is 8.49. The number of ether oxygens (including phenoxy) is 1. The lowest BCUT2D eigenvalue weighted by Gasteiger charge is -2.11. The Morgan fingerprint density at radius 1 is 0.970 bits per heavy atom. The first-order valence-corrected chi connectivity index (χ1v) is 11.4. The van der Waals surface area contributed by atoms with E-state index in [4.69, 9.17) is 20.8 Å². The minimum atomic E-state index is -1.13. The lowest BCUT2D eigenvalue weighted by Crippen LogP contribution is -2.07. The van der Waals surface area contributed by atoms with E-state index in [2.05, 4.69) is 4.42 Å². The molecule has 0 amide bonds. The van der Waals surface area contributed by atoms with Gasteiger partial charge < -0.3 is 13.6 Å². The van der Waals surface area contributed by atoms with Crippen molar-refractivity contribution in [1.82, 2.24) is 0 Å². The third-order valence-electron chi connectivity index (χ3n) is 4.20. The highest BCUT2D eigenvalue weighted by molar-refractivity contribution is 7.84. The minimum absolute atomic E-state index is 0.0220. The number of aryl methyl sites for hydroxylation is 1. The van der Waals surface area contributed by atoms with Gasteiger partial charge in [0.15, 0.2) is 22.8 Å². The van der Waals surface area contributed by atoms with Crippen molar-refractivity contribution in [2.45, 2.75) is 11.8 Å². The summed E-state index contributed by atoms with van der Waals surface area (Å²) in [5.74, 6) is -0.421. The summed E-state index contributed by atoms with van der Waals surface area (Å²) in [4.78, 5) is 23.3. The van der Waals surface area contributed by atoms with Crippen LogP contribution in [0.15, 0.2) is 96.5 Å². The van der Waals surface area contributed by atoms with Crippen molar-refractivity contribution in [3.8, 4) is 22.8 Å². The zero-order valence-corrected chi connectivity index (χ0v) is 19.1. The molecule has 1 unspecified atom stereocenters. The molecule has 2 aromatic heterocycles. The summed E-state index contributed by atoms with van der Waals surface area (Å²) >= 11 is 5.74. The Morgan fingerprint density at radius 3 is 2.18 bits per heavy atom. The van der Waals surface area contributed by atoms with E-state index in [0.29, 0.717) is 16.2 Å². The van der Waals surface area contributed by atoms with E-state index < -0.39 is 22.0 Å². The van der Waals surface area contributed by atoms with Crippen LogP contribution in [-0.4, -0.2) is 10.5 Å². The molecule has 0 saturated heterocycles. The smallest absolute Gasteiger partial charge is 0.228 e. The van der Waals surface area contributed by atoms with Gasteiger partial charge in [-0.1, -0.05) is 11.6 Å². The third-order valence-corrected chi connectivity index (χ3v) is 5.37. The van der Waals surface area contributed by atoms with Crippen LogP contribution in [0.3, 0.4) is 0 Å². The Morgan fingerprint density at radius 2 is 1.64 bits per heavy atom. The van der Waals surface area contributed by atoms with Crippen molar-refractivity contribution in [1.29, 1.82) is 0 Å². The second-order valence-electron chi connectivity index (χ2n) is 6.68. The van der Waals surface area contributed by atoms with E-state index in [-0.39, 0.29) is 27.7 Å². The molecule has 33 heavy (non-hydrogen) atoms. The van der Waals surface area contributed by atoms with Crippen LogP contribution in [0, 0.1) is 12.7 Å². The summed E-state index contributed by atoms with van der Waals surface area (Å²) in [7, 11) is -1.13. The van der Waals surface area contributed by atoms with Gasteiger partial charge in [-0.2, -0.15) is 0 Å². The van der Waals surface area contributed by atoms with Crippen LogP contribution in [0.4, 0.5) is 4.39 Å². The van der Waals surface area contributed by atoms with Crippen LogP contribution in [0.5, 0.6) is 11.5 Å². The average molecular weight is 489 g/mol. The largest absolute Gasteiger partial charge is 0.472 e. The first-order valence-electron chi connectivity index (χ1n) is 9.48. The molecular formula is C24H18ClFO6S. The van der Waals surface area contributed by atoms with Gasteiger partial charge in [-0.15, -0.1) is 0 Å². The highest BCUT2D eigenvalue weighted by Crippen LogP contribution is 2.33. The first-order chi connectivity index (χ1) is 15.7. The SMILES string of the molecule is Cc1cc(=O)c(Oc2ccc(Cl)cc2F)c(-c2ccc(S(C)=O)cc2)o1.O=c1ccocc1. The monoisotopic (exact) mass is 488 g/mol. The van der Waals surface area contributed by atoms with E-state index in [1.165, 1.54) is 42.9 Å². The highest BCUT2D eigenvalue weighted by atomic mass is 35.5. The summed E-state index contributed by atoms with van der Waals surface area (Å²) in [6.07, 6.45) is 4.27. The number of rotatable bonds is 4. The van der Waals surface area contributed by atoms with Crippen LogP contribution < -0.4 is 15.6 Å². The van der Waals surface area contributed by atoms with Crippen LogP contribution in [0.2, 0.25) is 5.02 Å². The van der Waals surface area contributed by atoms with Crippen molar-refractivity contribution in [3.63, 3.8) is 0 Å². The van der Waals surface area contributed by atoms with Crippen LogP contribution in [0.1, 0.15) is 5.76 Å². The predicted octanol–water partition coefficient (Wildman–Crippen LogP) is 5.58. The molecule has 0 aliphatic rings. The van der Waals surface area contributed by atoms with Gasteiger partial charge in [0.05, 0.1) is 12.5 Å². The summed E-state index contributed by atoms with van der Waals surface area (Å²) < 4.78 is 41.3. The molecule has 0 fully saturated rings. The topological polar surface area (TPSA) is 86.7 Å². The third kappa shape index (κ3) is 6.50. The highest BCUT2D eigenvalue weighted by Gasteiger charge is 2.18. The fourth-order valence-corrected chi connectivity index (χ4v) is 3.34. The zero-order valence-electron chi connectivity index (χ0n) is 17.5. The molecule has 170 valence electrons. The van der Waals surface area contributed by atoms with E-state index in [1.807, 2.05) is 0 Å². The Bertz CT molecular complexity index is 1380. The van der Waals surface area contributed by atoms with Crippen molar-refractivity contribution in [2.24, 2.45) is 0 Å². The van der Waals surface area contributed by atoms with Crippen molar-refractivity contribution < 1.29 is 22.2 Å². The molecule has 2 aromatic carbocycles. The van der Waals surface area contributed by atoms with Gasteiger partial charge in [0.1, 0.15) is 5.76 Å². The molecule has 2 heterocycles. The Hall–Kier alpha value is -3.49. The molecule has 0 saturated carbocycles. The molecule has 0 aliphatic heterocycles. The molecule has 0 spiro atoms. The molecule has 0 aliphatic carbocycles. The van der Waals surface area contributed by atoms with E-state index in [9.17, 15) is 18.2 Å². The summed E-state index contributed by atoms with van der Waals surface area (Å²) in [6.45, 7) is 1.63. The molecule has 4 aromatic rings. The normalized spacial score (nSPS) is 11.3. The summed E-state index contributed by atoms with van der Waals surface area (Å²) in [5, 5.41) is 0.217. The molecule has 4 rings (SSSR count). The van der Waals surface area contributed by atoms with Crippen molar-refractivity contribution in [3.05, 3.63) is 110 Å². The standard InChI is InChI=1S/C19H14ClFO4S.C5H4O2/c1-11-9-16(22)19(25-17-8-5-13(20)10-15(17)21)18(24-11)12-3-6-14(7-4-12)26(2)23;6-5-1-3-7-4-2-5/h3-10H,1-2H3;1-4H. The molecule has 6 nitrogen and oxygen atoms in total. The summed E-state index contributed by atoms with van der Waals surface area (Å²) in [6, 6.07) is 14.5. The molecule has 0 radical (unpaired) electrons. The molecule has 1 atom stereocenters. The molecule has 0 N–H and O–H groups in total. The fraction of sp³-hybridized carbons (Fsp3) is 0.0833. The number of halogens is 2.